The van der Waals surface area contributed by atoms with Gasteiger partial charge in [-0.25, -0.2) is 0 Å². The van der Waals surface area contributed by atoms with Crippen molar-refractivity contribution in [3.8, 4) is 0 Å². The van der Waals surface area contributed by atoms with Crippen LogP contribution in [0.15, 0.2) is 30.3 Å². The summed E-state index contributed by atoms with van der Waals surface area (Å²) in [6, 6.07) is 9.85. The highest BCUT2D eigenvalue weighted by molar-refractivity contribution is 5.78. The van der Waals surface area contributed by atoms with Crippen molar-refractivity contribution in [2.75, 3.05) is 19.6 Å². The Labute approximate surface area is 96.2 Å². The van der Waals surface area contributed by atoms with Crippen LogP contribution in [0.1, 0.15) is 12.0 Å². The smallest absolute Gasteiger partial charge is 0.224 e. The van der Waals surface area contributed by atoms with Gasteiger partial charge in [-0.1, -0.05) is 30.3 Å². The molecule has 3 nitrogen and oxygen atoms in total. The first-order valence-electron chi connectivity index (χ1n) is 5.86. The molecule has 0 unspecified atom stereocenters. The molecule has 1 heterocycles. The maximum absolute atomic E-state index is 11.6. The molecule has 1 aromatic carbocycles. The van der Waals surface area contributed by atoms with Crippen molar-refractivity contribution in [2.24, 2.45) is 5.92 Å². The normalized spacial score (nSPS) is 19.6. The van der Waals surface area contributed by atoms with Gasteiger partial charge >= 0.3 is 0 Å². The molecule has 1 aliphatic heterocycles. The molecule has 86 valence electrons. The van der Waals surface area contributed by atoms with Gasteiger partial charge in [-0.2, -0.15) is 0 Å². The number of amides is 1. The topological polar surface area (TPSA) is 41.1 Å². The Bertz CT molecular complexity index is 331. The summed E-state index contributed by atoms with van der Waals surface area (Å²) in [5.74, 6) is 0.734. The van der Waals surface area contributed by atoms with Crippen LogP contribution in [-0.2, 0) is 11.2 Å². The van der Waals surface area contributed by atoms with Gasteiger partial charge in [0.1, 0.15) is 0 Å². The van der Waals surface area contributed by atoms with E-state index in [2.05, 4.69) is 10.6 Å². The van der Waals surface area contributed by atoms with Crippen LogP contribution in [-0.4, -0.2) is 25.5 Å². The van der Waals surface area contributed by atoms with Crippen LogP contribution in [0.5, 0.6) is 0 Å². The number of hydrogen-bond donors (Lipinski definition) is 2. The summed E-state index contributed by atoms with van der Waals surface area (Å²) < 4.78 is 0. The van der Waals surface area contributed by atoms with Crippen molar-refractivity contribution in [1.29, 1.82) is 0 Å². The highest BCUT2D eigenvalue weighted by Gasteiger charge is 2.14. The monoisotopic (exact) mass is 218 g/mol. The van der Waals surface area contributed by atoms with Gasteiger partial charge in [0.25, 0.3) is 0 Å². The predicted octanol–water partition coefficient (Wildman–Crippen LogP) is 0.955. The third-order valence-electron chi connectivity index (χ3n) is 2.96. The first-order chi connectivity index (χ1) is 7.84. The molecule has 16 heavy (non-hydrogen) atoms. The van der Waals surface area contributed by atoms with Crippen LogP contribution in [0, 0.1) is 5.92 Å². The van der Waals surface area contributed by atoms with Gasteiger partial charge in [0.2, 0.25) is 5.91 Å². The quantitative estimate of drug-likeness (QED) is 0.790. The van der Waals surface area contributed by atoms with Gasteiger partial charge in [-0.3, -0.25) is 4.79 Å². The fraction of sp³-hybridized carbons (Fsp3) is 0.462. The second-order valence-corrected chi connectivity index (χ2v) is 4.33. The number of nitrogens with one attached hydrogen (secondary N) is 2. The standard InChI is InChI=1S/C13H18N2O/c16-13(8-11-4-2-1-3-5-11)15-10-12-6-7-14-9-12/h1-5,12,14H,6-10H2,(H,15,16)/t12-/m0/s1. The van der Waals surface area contributed by atoms with Crippen molar-refractivity contribution in [3.63, 3.8) is 0 Å². The maximum atomic E-state index is 11.6. The van der Waals surface area contributed by atoms with E-state index >= 15 is 0 Å². The minimum Gasteiger partial charge on any atom is -0.355 e. The summed E-state index contributed by atoms with van der Waals surface area (Å²) in [6.45, 7) is 2.92. The zero-order valence-corrected chi connectivity index (χ0v) is 9.41. The largest absolute Gasteiger partial charge is 0.355 e. The first-order valence-corrected chi connectivity index (χ1v) is 5.86. The fourth-order valence-corrected chi connectivity index (χ4v) is 1.99. The average Bonchev–Trinajstić information content (AvgIpc) is 2.81. The molecule has 0 spiro atoms. The lowest BCUT2D eigenvalue weighted by Crippen LogP contribution is -2.31. The second-order valence-electron chi connectivity index (χ2n) is 4.33. The fourth-order valence-electron chi connectivity index (χ4n) is 1.99. The molecule has 2 rings (SSSR count). The van der Waals surface area contributed by atoms with Crippen molar-refractivity contribution in [1.82, 2.24) is 10.6 Å². The molecule has 2 N–H and O–H groups in total. The highest BCUT2D eigenvalue weighted by atomic mass is 16.1. The van der Waals surface area contributed by atoms with Crippen LogP contribution in [0.2, 0.25) is 0 Å². The number of carbonyl (C=O) groups is 1. The molecule has 3 heteroatoms. The third-order valence-corrected chi connectivity index (χ3v) is 2.96. The summed E-state index contributed by atoms with van der Waals surface area (Å²) in [4.78, 5) is 11.6. The van der Waals surface area contributed by atoms with E-state index in [0.29, 0.717) is 12.3 Å². The summed E-state index contributed by atoms with van der Waals surface area (Å²) in [7, 11) is 0. The Morgan fingerprint density at radius 2 is 2.19 bits per heavy atom. The van der Waals surface area contributed by atoms with Crippen molar-refractivity contribution >= 4 is 5.91 Å². The number of hydrogen-bond acceptors (Lipinski definition) is 2. The Kier molecular flexibility index (Phi) is 3.94. The molecule has 0 radical (unpaired) electrons. The van der Waals surface area contributed by atoms with E-state index in [1.807, 2.05) is 30.3 Å². The van der Waals surface area contributed by atoms with E-state index in [1.165, 1.54) is 6.42 Å². The molecular formula is C13H18N2O. The van der Waals surface area contributed by atoms with E-state index in [4.69, 9.17) is 0 Å². The number of rotatable bonds is 4. The predicted molar refractivity (Wildman–Crippen MR) is 64.1 cm³/mol. The second kappa shape index (κ2) is 5.66. The first kappa shape index (κ1) is 11.1. The van der Waals surface area contributed by atoms with Crippen LogP contribution >= 0.6 is 0 Å². The highest BCUT2D eigenvalue weighted by Crippen LogP contribution is 2.05. The van der Waals surface area contributed by atoms with Gasteiger partial charge in [-0.05, 0) is 31.0 Å². The van der Waals surface area contributed by atoms with E-state index in [9.17, 15) is 4.79 Å². The minimum atomic E-state index is 0.123. The van der Waals surface area contributed by atoms with Crippen molar-refractivity contribution in [3.05, 3.63) is 35.9 Å². The van der Waals surface area contributed by atoms with Gasteiger partial charge in [-0.15, -0.1) is 0 Å². The van der Waals surface area contributed by atoms with Gasteiger partial charge in [0.05, 0.1) is 6.42 Å². The molecule has 1 aliphatic rings. The molecule has 1 atom stereocenters. The number of benzene rings is 1. The van der Waals surface area contributed by atoms with Gasteiger partial charge in [0, 0.05) is 6.54 Å². The molecule has 0 aromatic heterocycles. The summed E-state index contributed by atoms with van der Waals surface area (Å²) in [6.07, 6.45) is 1.66. The zero-order valence-electron chi connectivity index (χ0n) is 9.41. The SMILES string of the molecule is O=C(Cc1ccccc1)NC[C@H]1CCNC1. The molecular weight excluding hydrogens is 200 g/mol. The Hall–Kier alpha value is -1.35. The molecule has 0 saturated carbocycles. The summed E-state index contributed by atoms with van der Waals surface area (Å²) >= 11 is 0. The van der Waals surface area contributed by atoms with E-state index < -0.39 is 0 Å². The van der Waals surface area contributed by atoms with E-state index in [1.54, 1.807) is 0 Å². The molecule has 0 aliphatic carbocycles. The average molecular weight is 218 g/mol. The molecule has 1 saturated heterocycles. The van der Waals surface area contributed by atoms with E-state index in [-0.39, 0.29) is 5.91 Å². The Balaban J connectivity index is 1.72. The number of carbonyl (C=O) groups excluding carboxylic acids is 1. The van der Waals surface area contributed by atoms with Crippen LogP contribution in [0.4, 0.5) is 0 Å². The van der Waals surface area contributed by atoms with Gasteiger partial charge in [0.15, 0.2) is 0 Å². The molecule has 1 amide bonds. The summed E-state index contributed by atoms with van der Waals surface area (Å²) in [5, 5.41) is 6.29. The van der Waals surface area contributed by atoms with Crippen molar-refractivity contribution < 1.29 is 4.79 Å². The van der Waals surface area contributed by atoms with Crippen LogP contribution in [0.25, 0.3) is 0 Å². The van der Waals surface area contributed by atoms with Crippen LogP contribution < -0.4 is 10.6 Å². The summed E-state index contributed by atoms with van der Waals surface area (Å²) in [5.41, 5.74) is 1.07. The minimum absolute atomic E-state index is 0.123. The Morgan fingerprint density at radius 3 is 2.88 bits per heavy atom. The Morgan fingerprint density at radius 1 is 1.38 bits per heavy atom. The van der Waals surface area contributed by atoms with E-state index in [0.717, 1.165) is 25.2 Å². The molecule has 1 aromatic rings. The lowest BCUT2D eigenvalue weighted by molar-refractivity contribution is -0.120. The third kappa shape index (κ3) is 3.35. The lowest BCUT2D eigenvalue weighted by atomic mass is 10.1. The van der Waals surface area contributed by atoms with Crippen LogP contribution in [0.3, 0.4) is 0 Å². The molecule has 1 fully saturated rings. The lowest BCUT2D eigenvalue weighted by Gasteiger charge is -2.09. The zero-order chi connectivity index (χ0) is 11.2. The van der Waals surface area contributed by atoms with Gasteiger partial charge < -0.3 is 10.6 Å². The van der Waals surface area contributed by atoms with Crippen molar-refractivity contribution in [2.45, 2.75) is 12.8 Å². The maximum Gasteiger partial charge on any atom is 0.224 e. The molecule has 0 bridgehead atoms.